The Morgan fingerprint density at radius 3 is 2.18 bits per heavy atom. The van der Waals surface area contributed by atoms with E-state index in [-0.39, 0.29) is 17.1 Å². The highest BCUT2D eigenvalue weighted by Gasteiger charge is 2.21. The minimum absolute atomic E-state index is 0.0100. The molecule has 28 heavy (non-hydrogen) atoms. The zero-order valence-corrected chi connectivity index (χ0v) is 15.4. The summed E-state index contributed by atoms with van der Waals surface area (Å²) in [4.78, 5) is 36.0. The van der Waals surface area contributed by atoms with Gasteiger partial charge in [-0.2, -0.15) is 0 Å². The smallest absolute Gasteiger partial charge is 0.342 e. The molecule has 0 heterocycles. The number of benzene rings is 3. The van der Waals surface area contributed by atoms with Crippen LogP contribution in [0.25, 0.3) is 10.8 Å². The molecule has 0 aliphatic heterocycles. The van der Waals surface area contributed by atoms with Crippen molar-refractivity contribution in [1.29, 1.82) is 0 Å². The third-order valence-electron chi connectivity index (χ3n) is 4.30. The lowest BCUT2D eigenvalue weighted by Crippen LogP contribution is -2.30. The first-order chi connectivity index (χ1) is 13.3. The van der Waals surface area contributed by atoms with Crippen molar-refractivity contribution in [2.75, 3.05) is 5.32 Å². The van der Waals surface area contributed by atoms with Gasteiger partial charge in [0, 0.05) is 11.3 Å². The highest BCUT2D eigenvalue weighted by Crippen LogP contribution is 2.26. The first-order valence-electron chi connectivity index (χ1n) is 8.70. The summed E-state index contributed by atoms with van der Waals surface area (Å²) >= 11 is 0. The second-order valence-corrected chi connectivity index (χ2v) is 6.39. The number of carbonyl (C=O) groups excluding carboxylic acids is 3. The molecular formula is C22H19NO5. The minimum Gasteiger partial charge on any atom is -0.507 e. The van der Waals surface area contributed by atoms with Crippen LogP contribution in [-0.4, -0.2) is 28.9 Å². The normalized spacial score (nSPS) is 11.6. The molecule has 1 atom stereocenters. The SMILES string of the molecule is CC(=O)c1ccc(NC(=O)[C@@H](C)OC(=O)c2cc3ccccc3cc2O)cc1. The van der Waals surface area contributed by atoms with Gasteiger partial charge in [0.1, 0.15) is 11.3 Å². The molecule has 0 unspecified atom stereocenters. The summed E-state index contributed by atoms with van der Waals surface area (Å²) in [6, 6.07) is 16.7. The highest BCUT2D eigenvalue weighted by molar-refractivity contribution is 6.01. The van der Waals surface area contributed by atoms with Gasteiger partial charge < -0.3 is 15.2 Å². The molecule has 0 aromatic heterocycles. The number of anilines is 1. The summed E-state index contributed by atoms with van der Waals surface area (Å²) in [5.74, 6) is -1.60. The van der Waals surface area contributed by atoms with Gasteiger partial charge in [-0.25, -0.2) is 4.79 Å². The van der Waals surface area contributed by atoms with Gasteiger partial charge in [0.25, 0.3) is 5.91 Å². The number of ether oxygens (including phenoxy) is 1. The molecule has 1 amide bonds. The summed E-state index contributed by atoms with van der Waals surface area (Å²) in [7, 11) is 0. The van der Waals surface area contributed by atoms with Crippen LogP contribution in [-0.2, 0) is 9.53 Å². The predicted molar refractivity (Wildman–Crippen MR) is 106 cm³/mol. The molecule has 0 bridgehead atoms. The van der Waals surface area contributed by atoms with Gasteiger partial charge in [-0.05, 0) is 61.0 Å². The molecule has 0 saturated heterocycles. The first-order valence-corrected chi connectivity index (χ1v) is 8.70. The Balaban J connectivity index is 1.68. The number of hydrogen-bond acceptors (Lipinski definition) is 5. The van der Waals surface area contributed by atoms with Crippen molar-refractivity contribution in [2.24, 2.45) is 0 Å². The van der Waals surface area contributed by atoms with Gasteiger partial charge >= 0.3 is 5.97 Å². The van der Waals surface area contributed by atoms with Crippen LogP contribution in [0.2, 0.25) is 0 Å². The Hall–Kier alpha value is -3.67. The van der Waals surface area contributed by atoms with Crippen molar-refractivity contribution in [2.45, 2.75) is 20.0 Å². The van der Waals surface area contributed by atoms with Gasteiger partial charge in [-0.3, -0.25) is 9.59 Å². The molecule has 0 aliphatic rings. The third kappa shape index (κ3) is 4.17. The third-order valence-corrected chi connectivity index (χ3v) is 4.30. The van der Waals surface area contributed by atoms with Gasteiger partial charge in [-0.1, -0.05) is 24.3 Å². The van der Waals surface area contributed by atoms with E-state index in [0.717, 1.165) is 10.8 Å². The van der Waals surface area contributed by atoms with Crippen molar-refractivity contribution in [3.05, 3.63) is 71.8 Å². The molecule has 6 nitrogen and oxygen atoms in total. The van der Waals surface area contributed by atoms with Crippen LogP contribution in [0.4, 0.5) is 5.69 Å². The van der Waals surface area contributed by atoms with Crippen LogP contribution in [0.3, 0.4) is 0 Å². The molecule has 3 aromatic rings. The number of hydrogen-bond donors (Lipinski definition) is 2. The van der Waals surface area contributed by atoms with Gasteiger partial charge in [-0.15, -0.1) is 0 Å². The largest absolute Gasteiger partial charge is 0.507 e. The Morgan fingerprint density at radius 1 is 0.964 bits per heavy atom. The molecule has 142 valence electrons. The fraction of sp³-hybridized carbons (Fsp3) is 0.136. The number of fused-ring (bicyclic) bond motifs is 1. The maximum atomic E-state index is 12.4. The lowest BCUT2D eigenvalue weighted by molar-refractivity contribution is -0.123. The molecule has 3 aromatic carbocycles. The first kappa shape index (κ1) is 19.1. The monoisotopic (exact) mass is 377 g/mol. The summed E-state index contributed by atoms with van der Waals surface area (Å²) in [6.45, 7) is 2.90. The standard InChI is InChI=1S/C22H19NO5/c1-13(24)15-7-9-18(10-8-15)23-21(26)14(2)28-22(27)19-11-16-5-3-4-6-17(16)12-20(19)25/h3-12,14,25H,1-2H3,(H,23,26)/t14-/m1/s1. The number of esters is 1. The maximum Gasteiger partial charge on any atom is 0.342 e. The van der Waals surface area contributed by atoms with Crippen LogP contribution in [0.15, 0.2) is 60.7 Å². The summed E-state index contributed by atoms with van der Waals surface area (Å²) in [5.41, 5.74) is 1.000. The molecule has 0 fully saturated rings. The Morgan fingerprint density at radius 2 is 1.57 bits per heavy atom. The number of Topliss-reactive ketones (excluding diaryl/α,β-unsaturated/α-hetero) is 1. The number of amides is 1. The van der Waals surface area contributed by atoms with E-state index in [4.69, 9.17) is 4.74 Å². The van der Waals surface area contributed by atoms with Gasteiger partial charge in [0.05, 0.1) is 0 Å². The Bertz CT molecular complexity index is 1060. The molecule has 0 spiro atoms. The van der Waals surface area contributed by atoms with Gasteiger partial charge in [0.2, 0.25) is 0 Å². The van der Waals surface area contributed by atoms with Crippen molar-refractivity contribution < 1.29 is 24.2 Å². The number of rotatable bonds is 5. The zero-order chi connectivity index (χ0) is 20.3. The van der Waals surface area contributed by atoms with Crippen molar-refractivity contribution >= 4 is 34.1 Å². The minimum atomic E-state index is -1.08. The fourth-order valence-corrected chi connectivity index (χ4v) is 2.70. The topological polar surface area (TPSA) is 92.7 Å². The van der Waals surface area contributed by atoms with E-state index < -0.39 is 18.0 Å². The summed E-state index contributed by atoms with van der Waals surface area (Å²) in [6.07, 6.45) is -1.08. The second-order valence-electron chi connectivity index (χ2n) is 6.39. The van der Waals surface area contributed by atoms with Crippen LogP contribution >= 0.6 is 0 Å². The van der Waals surface area contributed by atoms with E-state index in [0.29, 0.717) is 11.3 Å². The number of nitrogens with one attached hydrogen (secondary N) is 1. The Labute approximate surface area is 161 Å². The fourth-order valence-electron chi connectivity index (χ4n) is 2.70. The molecule has 6 heteroatoms. The van der Waals surface area contributed by atoms with Crippen LogP contribution in [0, 0.1) is 0 Å². The number of carbonyl (C=O) groups is 3. The number of phenols is 1. The number of aromatic hydroxyl groups is 1. The molecule has 0 aliphatic carbocycles. The van der Waals surface area contributed by atoms with Crippen molar-refractivity contribution in [3.63, 3.8) is 0 Å². The van der Waals surface area contributed by atoms with E-state index in [1.54, 1.807) is 24.3 Å². The van der Waals surface area contributed by atoms with Crippen molar-refractivity contribution in [1.82, 2.24) is 0 Å². The average Bonchev–Trinajstić information content (AvgIpc) is 2.67. The molecule has 0 saturated carbocycles. The highest BCUT2D eigenvalue weighted by atomic mass is 16.5. The van der Waals surface area contributed by atoms with Crippen LogP contribution < -0.4 is 5.32 Å². The van der Waals surface area contributed by atoms with E-state index in [1.165, 1.54) is 26.0 Å². The number of phenolic OH excluding ortho intramolecular Hbond substituents is 1. The predicted octanol–water partition coefficient (Wildman–Crippen LogP) is 3.93. The van der Waals surface area contributed by atoms with E-state index in [9.17, 15) is 19.5 Å². The van der Waals surface area contributed by atoms with Crippen molar-refractivity contribution in [3.8, 4) is 5.75 Å². The van der Waals surface area contributed by atoms with E-state index in [1.807, 2.05) is 24.3 Å². The van der Waals surface area contributed by atoms with E-state index in [2.05, 4.69) is 5.32 Å². The van der Waals surface area contributed by atoms with Crippen LogP contribution in [0.5, 0.6) is 5.75 Å². The molecule has 0 radical (unpaired) electrons. The average molecular weight is 377 g/mol. The lowest BCUT2D eigenvalue weighted by Gasteiger charge is -2.14. The quantitative estimate of drug-likeness (QED) is 0.519. The molecular weight excluding hydrogens is 358 g/mol. The Kier molecular flexibility index (Phi) is 5.40. The van der Waals surface area contributed by atoms with Gasteiger partial charge in [0.15, 0.2) is 11.9 Å². The maximum absolute atomic E-state index is 12.4. The molecule has 3 rings (SSSR count). The summed E-state index contributed by atoms with van der Waals surface area (Å²) in [5, 5.41) is 14.3. The lowest BCUT2D eigenvalue weighted by atomic mass is 10.1. The van der Waals surface area contributed by atoms with E-state index >= 15 is 0 Å². The summed E-state index contributed by atoms with van der Waals surface area (Å²) < 4.78 is 5.20. The molecule has 2 N–H and O–H groups in total. The zero-order valence-electron chi connectivity index (χ0n) is 15.4. The second kappa shape index (κ2) is 7.92. The number of ketones is 1. The van der Waals surface area contributed by atoms with Crippen LogP contribution in [0.1, 0.15) is 34.6 Å².